The van der Waals surface area contributed by atoms with E-state index < -0.39 is 37.5 Å². The van der Waals surface area contributed by atoms with Crippen molar-refractivity contribution in [2.75, 3.05) is 11.4 Å². The van der Waals surface area contributed by atoms with Gasteiger partial charge in [-0.15, -0.1) is 0 Å². The van der Waals surface area contributed by atoms with Crippen LogP contribution >= 0.6 is 10.7 Å². The fourth-order valence-electron chi connectivity index (χ4n) is 1.97. The molecule has 19 heavy (non-hydrogen) atoms. The Morgan fingerprint density at radius 2 is 2.00 bits per heavy atom. The highest BCUT2D eigenvalue weighted by Crippen LogP contribution is 2.31. The van der Waals surface area contributed by atoms with Crippen LogP contribution in [-0.2, 0) is 13.8 Å². The van der Waals surface area contributed by atoms with Crippen molar-refractivity contribution in [1.29, 1.82) is 0 Å². The summed E-state index contributed by atoms with van der Waals surface area (Å²) in [6.07, 6.45) is -0.376. The third-order valence-corrected chi connectivity index (χ3v) is 4.89. The second-order valence-corrected chi connectivity index (χ2v) is 7.24. The summed E-state index contributed by atoms with van der Waals surface area (Å²) in [5.74, 6) is -2.46. The molecule has 0 bridgehead atoms. The Labute approximate surface area is 113 Å². The van der Waals surface area contributed by atoms with Crippen LogP contribution in [0.25, 0.3) is 0 Å². The highest BCUT2D eigenvalue weighted by atomic mass is 35.7. The minimum absolute atomic E-state index is 0.168. The van der Waals surface area contributed by atoms with E-state index in [9.17, 15) is 22.0 Å². The van der Waals surface area contributed by atoms with E-state index in [4.69, 9.17) is 10.7 Å². The van der Waals surface area contributed by atoms with Gasteiger partial charge < -0.3 is 4.90 Å². The van der Waals surface area contributed by atoms with Crippen molar-refractivity contribution in [3.8, 4) is 0 Å². The molecular formula is C11H10ClF2NO3S. The Morgan fingerprint density at radius 1 is 1.37 bits per heavy atom. The van der Waals surface area contributed by atoms with Crippen molar-refractivity contribution in [2.45, 2.75) is 18.6 Å². The molecule has 4 nitrogen and oxygen atoms in total. The van der Waals surface area contributed by atoms with Crippen molar-refractivity contribution in [3.05, 3.63) is 29.3 Å². The molecule has 0 saturated carbocycles. The molecule has 1 saturated heterocycles. The van der Waals surface area contributed by atoms with Gasteiger partial charge in [-0.2, -0.15) is 0 Å². The van der Waals surface area contributed by atoms with Crippen LogP contribution in [0.3, 0.4) is 0 Å². The van der Waals surface area contributed by atoms with Crippen LogP contribution < -0.4 is 4.90 Å². The molecule has 0 aliphatic carbocycles. The lowest BCUT2D eigenvalue weighted by molar-refractivity contribution is -0.117. The number of halogens is 3. The second kappa shape index (κ2) is 4.72. The average Bonchev–Trinajstić information content (AvgIpc) is 2.67. The maximum absolute atomic E-state index is 13.9. The Balaban J connectivity index is 2.45. The summed E-state index contributed by atoms with van der Waals surface area (Å²) < 4.78 is 49.9. The minimum Gasteiger partial charge on any atom is -0.306 e. The molecule has 104 valence electrons. The van der Waals surface area contributed by atoms with Crippen LogP contribution in [-0.4, -0.2) is 26.1 Å². The number of hydrogen-bond donors (Lipinski definition) is 0. The lowest BCUT2D eigenvalue weighted by Crippen LogP contribution is -2.28. The lowest BCUT2D eigenvalue weighted by Gasteiger charge is -2.18. The van der Waals surface area contributed by atoms with Gasteiger partial charge in [0.2, 0.25) is 15.0 Å². The molecule has 0 N–H and O–H groups in total. The molecule has 0 radical (unpaired) electrons. The topological polar surface area (TPSA) is 54.5 Å². The molecule has 1 heterocycles. The molecule has 1 fully saturated rings. The van der Waals surface area contributed by atoms with Crippen LogP contribution in [0.4, 0.5) is 14.5 Å². The van der Waals surface area contributed by atoms with E-state index >= 15 is 0 Å². The monoisotopic (exact) mass is 309 g/mol. The molecular weight excluding hydrogens is 300 g/mol. The van der Waals surface area contributed by atoms with Gasteiger partial charge in [-0.3, -0.25) is 4.79 Å². The van der Waals surface area contributed by atoms with Gasteiger partial charge in [-0.25, -0.2) is 17.2 Å². The summed E-state index contributed by atoms with van der Waals surface area (Å²) in [5, 5.41) is -1.15. The van der Waals surface area contributed by atoms with Crippen molar-refractivity contribution >= 4 is 31.3 Å². The molecule has 1 aliphatic rings. The second-order valence-electron chi connectivity index (χ2n) is 4.33. The summed E-state index contributed by atoms with van der Waals surface area (Å²) in [5.41, 5.74) is -0.353. The van der Waals surface area contributed by atoms with Gasteiger partial charge in [0, 0.05) is 23.6 Å². The van der Waals surface area contributed by atoms with Crippen molar-refractivity contribution < 1.29 is 22.0 Å². The first kappa shape index (κ1) is 14.2. The van der Waals surface area contributed by atoms with Crippen molar-refractivity contribution in [2.24, 2.45) is 0 Å². The van der Waals surface area contributed by atoms with Crippen LogP contribution in [0.15, 0.2) is 12.1 Å². The number of carbonyl (C=O) groups is 1. The van der Waals surface area contributed by atoms with Crippen molar-refractivity contribution in [3.63, 3.8) is 0 Å². The van der Waals surface area contributed by atoms with Gasteiger partial charge in [0.1, 0.15) is 16.8 Å². The largest absolute Gasteiger partial charge is 0.306 e. The number of nitrogens with zero attached hydrogens (tertiary/aromatic N) is 1. The molecule has 1 aromatic rings. The smallest absolute Gasteiger partial charge is 0.237 e. The van der Waals surface area contributed by atoms with E-state index in [0.717, 1.165) is 11.0 Å². The van der Waals surface area contributed by atoms with Gasteiger partial charge in [-0.1, -0.05) is 6.07 Å². The van der Waals surface area contributed by atoms with Gasteiger partial charge >= 0.3 is 0 Å². The van der Waals surface area contributed by atoms with Crippen LogP contribution in [0.5, 0.6) is 0 Å². The van der Waals surface area contributed by atoms with Crippen LogP contribution in [0.1, 0.15) is 12.0 Å². The minimum atomic E-state index is -3.95. The third-order valence-electron chi connectivity index (χ3n) is 3.02. The normalized spacial score (nSPS) is 20.1. The van der Waals surface area contributed by atoms with E-state index in [1.54, 1.807) is 0 Å². The number of anilines is 1. The molecule has 0 spiro atoms. The van der Waals surface area contributed by atoms with Gasteiger partial charge in [-0.05, 0) is 18.6 Å². The Bertz CT molecular complexity index is 648. The molecule has 8 heteroatoms. The zero-order valence-corrected chi connectivity index (χ0v) is 11.4. The van der Waals surface area contributed by atoms with Gasteiger partial charge in [0.05, 0.1) is 0 Å². The van der Waals surface area contributed by atoms with E-state index in [-0.39, 0.29) is 18.5 Å². The summed E-state index contributed by atoms with van der Waals surface area (Å²) in [6.45, 7) is 1.08. The number of hydrogen-bond acceptors (Lipinski definition) is 3. The summed E-state index contributed by atoms with van der Waals surface area (Å²) in [6, 6.07) is 2.27. The molecule has 2 rings (SSSR count). The average molecular weight is 310 g/mol. The first-order chi connectivity index (χ1) is 8.71. The SMILES string of the molecule is Cc1ccc(F)c(N2CC(S(=O)(=O)Cl)CC2=O)c1F. The first-order valence-electron chi connectivity index (χ1n) is 5.40. The number of aryl methyl sites for hydroxylation is 1. The highest BCUT2D eigenvalue weighted by Gasteiger charge is 2.40. The Morgan fingerprint density at radius 3 is 2.53 bits per heavy atom. The van der Waals surface area contributed by atoms with Crippen molar-refractivity contribution in [1.82, 2.24) is 0 Å². The zero-order valence-electron chi connectivity index (χ0n) is 9.86. The van der Waals surface area contributed by atoms with Crippen LogP contribution in [0, 0.1) is 18.6 Å². The molecule has 1 aliphatic heterocycles. The van der Waals surface area contributed by atoms with E-state index in [1.807, 2.05) is 0 Å². The predicted octanol–water partition coefficient (Wildman–Crippen LogP) is 1.95. The number of benzene rings is 1. The van der Waals surface area contributed by atoms with Gasteiger partial charge in [0.15, 0.2) is 5.82 Å². The van der Waals surface area contributed by atoms with E-state index in [1.165, 1.54) is 13.0 Å². The molecule has 1 amide bonds. The molecule has 1 unspecified atom stereocenters. The fraction of sp³-hybridized carbons (Fsp3) is 0.364. The summed E-state index contributed by atoms with van der Waals surface area (Å²) in [7, 11) is 1.23. The highest BCUT2D eigenvalue weighted by molar-refractivity contribution is 8.14. The lowest BCUT2D eigenvalue weighted by atomic mass is 10.2. The number of amides is 1. The van der Waals surface area contributed by atoms with Crippen LogP contribution in [0.2, 0.25) is 0 Å². The summed E-state index contributed by atoms with van der Waals surface area (Å²) in [4.78, 5) is 12.5. The summed E-state index contributed by atoms with van der Waals surface area (Å²) >= 11 is 0. The fourth-order valence-corrected chi connectivity index (χ4v) is 3.00. The predicted molar refractivity (Wildman–Crippen MR) is 66.6 cm³/mol. The Hall–Kier alpha value is -1.21. The molecule has 1 atom stereocenters. The van der Waals surface area contributed by atoms with E-state index in [2.05, 4.69) is 0 Å². The van der Waals surface area contributed by atoms with Gasteiger partial charge in [0.25, 0.3) is 0 Å². The van der Waals surface area contributed by atoms with E-state index in [0.29, 0.717) is 0 Å². The zero-order chi connectivity index (χ0) is 14.4. The Kier molecular flexibility index (Phi) is 3.53. The maximum Gasteiger partial charge on any atom is 0.237 e. The molecule has 0 aromatic heterocycles. The number of carbonyl (C=O) groups excluding carboxylic acids is 1. The third kappa shape index (κ3) is 2.57. The molecule has 1 aromatic carbocycles. The maximum atomic E-state index is 13.9. The quantitative estimate of drug-likeness (QED) is 0.785. The number of rotatable bonds is 2. The standard InChI is InChI=1S/C11H10ClF2NO3S/c1-6-2-3-8(13)11(10(6)14)15-5-7(4-9(15)16)19(12,17)18/h2-3,7H,4-5H2,1H3. The first-order valence-corrected chi connectivity index (χ1v) is 7.77.